The molecule has 9 heteroatoms. The van der Waals surface area contributed by atoms with Crippen molar-refractivity contribution in [3.8, 4) is 0 Å². The fourth-order valence-electron chi connectivity index (χ4n) is 0.533. The summed E-state index contributed by atoms with van der Waals surface area (Å²) in [5.74, 6) is 0. The first-order chi connectivity index (χ1) is 5.87. The van der Waals surface area contributed by atoms with E-state index in [2.05, 4.69) is 14.7 Å². The maximum atomic E-state index is 12.4. The Balaban J connectivity index is 2.63. The average molecular weight is 252 g/mol. The van der Waals surface area contributed by atoms with Crippen molar-refractivity contribution in [2.75, 3.05) is 0 Å². The summed E-state index contributed by atoms with van der Waals surface area (Å²) in [5, 5.41) is 1.82. The molecule has 0 aromatic heterocycles. The first kappa shape index (κ1) is 10.7. The zero-order valence-electron chi connectivity index (χ0n) is 5.77. The van der Waals surface area contributed by atoms with Crippen LogP contribution in [0.5, 0.6) is 0 Å². The van der Waals surface area contributed by atoms with E-state index in [-0.39, 0.29) is 0 Å². The zero-order valence-corrected chi connectivity index (χ0v) is 8.04. The third-order valence-electron chi connectivity index (χ3n) is 0.866. The largest absolute Gasteiger partial charge is 0.414 e. The normalized spacial score (nSPS) is 23.0. The molecule has 1 heterocycles. The summed E-state index contributed by atoms with van der Waals surface area (Å²) in [6.45, 7) is 0. The van der Waals surface area contributed by atoms with Crippen LogP contribution >= 0.6 is 34.8 Å². The fourth-order valence-corrected chi connectivity index (χ4v) is 0.753. The summed E-state index contributed by atoms with van der Waals surface area (Å²) >= 11 is 15.5. The number of halogens is 5. The summed E-state index contributed by atoms with van der Waals surface area (Å²) in [6.07, 6.45) is -3.30. The summed E-state index contributed by atoms with van der Waals surface area (Å²) in [6, 6.07) is -0.583. The predicted octanol–water partition coefficient (Wildman–Crippen LogP) is 1.87. The molecule has 1 N–H and O–H groups in total. The quantitative estimate of drug-likeness (QED) is 0.528. The highest BCUT2D eigenvalue weighted by Crippen LogP contribution is 2.27. The third kappa shape index (κ3) is 3.93. The maximum Gasteiger partial charge on any atom is 0.340 e. The Bertz CT molecular complexity index is 264. The van der Waals surface area contributed by atoms with Crippen molar-refractivity contribution in [2.45, 2.75) is 10.4 Å². The molecule has 1 atom stereocenters. The van der Waals surface area contributed by atoms with E-state index in [0.29, 0.717) is 0 Å². The van der Waals surface area contributed by atoms with E-state index in [1.165, 1.54) is 0 Å². The van der Waals surface area contributed by atoms with Gasteiger partial charge in [0.1, 0.15) is 0 Å². The number of rotatable bonds is 0. The van der Waals surface area contributed by atoms with Crippen molar-refractivity contribution < 1.29 is 13.5 Å². The van der Waals surface area contributed by atoms with Gasteiger partial charge in [-0.3, -0.25) is 5.32 Å². The lowest BCUT2D eigenvalue weighted by atomic mass is 10.8. The van der Waals surface area contributed by atoms with Gasteiger partial charge in [-0.2, -0.15) is 18.8 Å². The maximum absolute atomic E-state index is 12.4. The van der Waals surface area contributed by atoms with Crippen LogP contribution in [-0.4, -0.2) is 22.5 Å². The molecule has 0 bridgehead atoms. The van der Waals surface area contributed by atoms with Gasteiger partial charge in [0, 0.05) is 0 Å². The lowest BCUT2D eigenvalue weighted by Gasteiger charge is -2.17. The van der Waals surface area contributed by atoms with E-state index in [1.54, 1.807) is 0 Å². The molecule has 0 aliphatic carbocycles. The highest BCUT2D eigenvalue weighted by molar-refractivity contribution is 6.66. The fraction of sp³-hybridized carbons (Fsp3) is 0.500. The number of hydrogen-bond donors (Lipinski definition) is 1. The Labute approximate surface area is 86.5 Å². The molecule has 0 spiro atoms. The zero-order chi connectivity index (χ0) is 10.1. The highest BCUT2D eigenvalue weighted by atomic mass is 35.6. The number of nitrogens with zero attached hydrogens (tertiary/aromatic N) is 2. The Morgan fingerprint density at radius 2 is 2.00 bits per heavy atom. The first-order valence-electron chi connectivity index (χ1n) is 2.85. The van der Waals surface area contributed by atoms with Gasteiger partial charge in [0.2, 0.25) is 0 Å². The topological polar surface area (TPSA) is 46.0 Å². The molecule has 4 nitrogen and oxygen atoms in total. The lowest BCUT2D eigenvalue weighted by molar-refractivity contribution is 0.271. The van der Waals surface area contributed by atoms with Gasteiger partial charge < -0.3 is 4.74 Å². The number of nitrogens with one attached hydrogen (secondary N) is 1. The minimum atomic E-state index is -2.14. The van der Waals surface area contributed by atoms with Gasteiger partial charge in [0.15, 0.2) is 0 Å². The van der Waals surface area contributed by atoms with Gasteiger partial charge in [0.05, 0.1) is 0 Å². The smallest absolute Gasteiger partial charge is 0.340 e. The van der Waals surface area contributed by atoms with Gasteiger partial charge in [-0.05, 0) is 34.8 Å². The second-order valence-corrected chi connectivity index (χ2v) is 4.01. The number of ether oxygens (including phenoxy) is 1. The van der Waals surface area contributed by atoms with Crippen LogP contribution in [0.25, 0.3) is 0 Å². The average Bonchev–Trinajstić information content (AvgIpc) is 1.78. The molecule has 0 aromatic rings. The molecule has 0 fully saturated rings. The summed E-state index contributed by atoms with van der Waals surface area (Å²) in [7, 11) is 0. The van der Waals surface area contributed by atoms with Crippen molar-refractivity contribution in [2.24, 2.45) is 9.98 Å². The third-order valence-corrected chi connectivity index (χ3v) is 1.10. The highest BCUT2D eigenvalue weighted by Gasteiger charge is 2.27. The van der Waals surface area contributed by atoms with Crippen LogP contribution in [0.1, 0.15) is 0 Å². The second-order valence-electron chi connectivity index (χ2n) is 1.84. The van der Waals surface area contributed by atoms with Crippen molar-refractivity contribution >= 4 is 46.9 Å². The standard InChI is InChI=1S/C4H2Cl3F2N3O/c5-4(6,7)13-3-11-1(8)10-2(9)12-3/h1H,(H,10,11,12). The summed E-state index contributed by atoms with van der Waals surface area (Å²) < 4.78 is 27.0. The molecule has 0 amide bonds. The number of hydrogen-bond acceptors (Lipinski definition) is 4. The molecule has 1 aliphatic rings. The van der Waals surface area contributed by atoms with Crippen LogP contribution in [0.3, 0.4) is 0 Å². The monoisotopic (exact) mass is 251 g/mol. The molecule has 0 radical (unpaired) electrons. The Kier molecular flexibility index (Phi) is 3.15. The molecule has 1 unspecified atom stereocenters. The van der Waals surface area contributed by atoms with E-state index in [0.717, 1.165) is 0 Å². The molecular weight excluding hydrogens is 250 g/mol. The van der Waals surface area contributed by atoms with Crippen LogP contribution in [0.4, 0.5) is 8.78 Å². The Morgan fingerprint density at radius 1 is 1.38 bits per heavy atom. The lowest BCUT2D eigenvalue weighted by Crippen LogP contribution is -2.37. The van der Waals surface area contributed by atoms with Gasteiger partial charge >= 0.3 is 3.98 Å². The molecule has 0 saturated heterocycles. The molecule has 1 aliphatic heterocycles. The van der Waals surface area contributed by atoms with Crippen molar-refractivity contribution in [1.82, 2.24) is 5.32 Å². The minimum absolute atomic E-state index is 0.583. The van der Waals surface area contributed by atoms with E-state index < -0.39 is 22.5 Å². The van der Waals surface area contributed by atoms with Crippen molar-refractivity contribution in [1.29, 1.82) is 0 Å². The molecule has 0 saturated carbocycles. The Morgan fingerprint density at radius 3 is 2.46 bits per heavy atom. The van der Waals surface area contributed by atoms with Crippen LogP contribution in [0.15, 0.2) is 9.98 Å². The van der Waals surface area contributed by atoms with E-state index in [4.69, 9.17) is 34.8 Å². The summed E-state index contributed by atoms with van der Waals surface area (Å²) in [5.41, 5.74) is 0. The van der Waals surface area contributed by atoms with Crippen LogP contribution in [0.2, 0.25) is 0 Å². The van der Waals surface area contributed by atoms with Gasteiger partial charge in [-0.1, -0.05) is 0 Å². The molecule has 13 heavy (non-hydrogen) atoms. The van der Waals surface area contributed by atoms with E-state index >= 15 is 0 Å². The second kappa shape index (κ2) is 3.81. The summed E-state index contributed by atoms with van der Waals surface area (Å²) in [4.78, 5) is 5.79. The molecule has 0 aromatic carbocycles. The van der Waals surface area contributed by atoms with Crippen LogP contribution < -0.4 is 5.32 Å². The predicted molar refractivity (Wildman–Crippen MR) is 45.4 cm³/mol. The van der Waals surface area contributed by atoms with Gasteiger partial charge in [-0.25, -0.2) is 0 Å². The van der Waals surface area contributed by atoms with E-state index in [9.17, 15) is 8.78 Å². The van der Waals surface area contributed by atoms with Crippen molar-refractivity contribution in [3.63, 3.8) is 0 Å². The number of alkyl halides is 4. The molecular formula is C4H2Cl3F2N3O. The Hall–Kier alpha value is -0.330. The van der Waals surface area contributed by atoms with Crippen molar-refractivity contribution in [3.05, 3.63) is 0 Å². The molecule has 1 rings (SSSR count). The van der Waals surface area contributed by atoms with Gasteiger partial charge in [0.25, 0.3) is 18.5 Å². The van der Waals surface area contributed by atoms with E-state index in [1.807, 2.05) is 5.32 Å². The number of amidine groups is 2. The first-order valence-corrected chi connectivity index (χ1v) is 3.98. The number of aliphatic imine (C=N–C) groups is 2. The van der Waals surface area contributed by atoms with Crippen LogP contribution in [-0.2, 0) is 4.74 Å². The minimum Gasteiger partial charge on any atom is -0.414 e. The van der Waals surface area contributed by atoms with Gasteiger partial charge in [-0.15, -0.1) is 0 Å². The SMILES string of the molecule is FC1=NC(F)N=C(OC(Cl)(Cl)Cl)N1. The molecule has 74 valence electrons. The van der Waals surface area contributed by atoms with Crippen LogP contribution in [0, 0.1) is 0 Å².